The third kappa shape index (κ3) is 2.94. The zero-order valence-electron chi connectivity index (χ0n) is 10.6. The fraction of sp³-hybridized carbons (Fsp3) is 1.00. The van der Waals surface area contributed by atoms with Crippen LogP contribution in [-0.4, -0.2) is 68.3 Å². The van der Waals surface area contributed by atoms with Gasteiger partial charge in [0.05, 0.1) is 12.1 Å². The minimum atomic E-state index is -0.0991. The van der Waals surface area contributed by atoms with Crippen LogP contribution >= 0.6 is 0 Å². The standard InChI is InChI=1S/C12H25N3O/c1-14-6-3-11(4-7-14)15(2)9-12(13)5-8-16-10-12/h11H,3-10,13H2,1-2H3. The maximum atomic E-state index is 6.32. The Morgan fingerprint density at radius 2 is 2.12 bits per heavy atom. The average molecular weight is 227 g/mol. The third-order valence-electron chi connectivity index (χ3n) is 4.01. The summed E-state index contributed by atoms with van der Waals surface area (Å²) in [5.74, 6) is 0. The van der Waals surface area contributed by atoms with Crippen molar-refractivity contribution in [2.75, 3.05) is 46.9 Å². The summed E-state index contributed by atoms with van der Waals surface area (Å²) in [4.78, 5) is 4.85. The third-order valence-corrected chi connectivity index (χ3v) is 4.01. The Balaban J connectivity index is 1.81. The van der Waals surface area contributed by atoms with Gasteiger partial charge in [-0.25, -0.2) is 0 Å². The molecule has 2 fully saturated rings. The molecule has 94 valence electrons. The number of nitrogens with zero attached hydrogens (tertiary/aromatic N) is 2. The molecule has 4 nitrogen and oxygen atoms in total. The minimum Gasteiger partial charge on any atom is -0.379 e. The monoisotopic (exact) mass is 227 g/mol. The van der Waals surface area contributed by atoms with Gasteiger partial charge in [0.1, 0.15) is 0 Å². The van der Waals surface area contributed by atoms with Crippen molar-refractivity contribution < 1.29 is 4.74 Å². The molecule has 0 saturated carbocycles. The van der Waals surface area contributed by atoms with Gasteiger partial charge < -0.3 is 20.3 Å². The number of ether oxygens (including phenoxy) is 1. The van der Waals surface area contributed by atoms with Crippen molar-refractivity contribution >= 4 is 0 Å². The molecule has 1 unspecified atom stereocenters. The first-order valence-corrected chi connectivity index (χ1v) is 6.34. The molecule has 16 heavy (non-hydrogen) atoms. The highest BCUT2D eigenvalue weighted by atomic mass is 16.5. The second-order valence-corrected chi connectivity index (χ2v) is 5.61. The van der Waals surface area contributed by atoms with E-state index < -0.39 is 0 Å². The first kappa shape index (κ1) is 12.3. The molecule has 1 atom stereocenters. The Bertz CT molecular complexity index is 220. The van der Waals surface area contributed by atoms with Crippen LogP contribution in [0.1, 0.15) is 19.3 Å². The molecule has 0 radical (unpaired) electrons. The van der Waals surface area contributed by atoms with E-state index in [0.29, 0.717) is 6.04 Å². The summed E-state index contributed by atoms with van der Waals surface area (Å²) in [6.45, 7) is 4.95. The number of hydrogen-bond acceptors (Lipinski definition) is 4. The summed E-state index contributed by atoms with van der Waals surface area (Å²) < 4.78 is 5.41. The van der Waals surface area contributed by atoms with E-state index in [9.17, 15) is 0 Å². The maximum Gasteiger partial charge on any atom is 0.0659 e. The second kappa shape index (κ2) is 5.00. The summed E-state index contributed by atoms with van der Waals surface area (Å²) in [7, 11) is 4.41. The molecule has 0 bridgehead atoms. The lowest BCUT2D eigenvalue weighted by molar-refractivity contribution is 0.110. The van der Waals surface area contributed by atoms with E-state index in [1.807, 2.05) is 0 Å². The van der Waals surface area contributed by atoms with Gasteiger partial charge in [0.15, 0.2) is 0 Å². The Morgan fingerprint density at radius 1 is 1.44 bits per heavy atom. The highest BCUT2D eigenvalue weighted by Gasteiger charge is 2.33. The topological polar surface area (TPSA) is 41.7 Å². The van der Waals surface area contributed by atoms with E-state index in [-0.39, 0.29) is 5.54 Å². The van der Waals surface area contributed by atoms with Gasteiger partial charge in [-0.2, -0.15) is 0 Å². The van der Waals surface area contributed by atoms with E-state index >= 15 is 0 Å². The van der Waals surface area contributed by atoms with Gasteiger partial charge in [-0.3, -0.25) is 0 Å². The van der Waals surface area contributed by atoms with Crippen molar-refractivity contribution in [3.63, 3.8) is 0 Å². The van der Waals surface area contributed by atoms with Crippen LogP contribution in [0.2, 0.25) is 0 Å². The predicted molar refractivity (Wildman–Crippen MR) is 65.5 cm³/mol. The smallest absolute Gasteiger partial charge is 0.0659 e. The predicted octanol–water partition coefficient (Wildman–Crippen LogP) is 0.130. The molecule has 0 aromatic rings. The largest absolute Gasteiger partial charge is 0.379 e. The van der Waals surface area contributed by atoms with Crippen LogP contribution in [0.5, 0.6) is 0 Å². The zero-order valence-corrected chi connectivity index (χ0v) is 10.6. The van der Waals surface area contributed by atoms with Crippen LogP contribution in [-0.2, 0) is 4.74 Å². The van der Waals surface area contributed by atoms with Crippen LogP contribution in [0.4, 0.5) is 0 Å². The summed E-state index contributed by atoms with van der Waals surface area (Å²) in [6.07, 6.45) is 3.54. The van der Waals surface area contributed by atoms with Crippen LogP contribution in [0.15, 0.2) is 0 Å². The van der Waals surface area contributed by atoms with Gasteiger partial charge in [0.25, 0.3) is 0 Å². The summed E-state index contributed by atoms with van der Waals surface area (Å²) in [6, 6.07) is 0.706. The molecule has 2 rings (SSSR count). The van der Waals surface area contributed by atoms with Gasteiger partial charge >= 0.3 is 0 Å². The fourth-order valence-corrected chi connectivity index (χ4v) is 2.81. The lowest BCUT2D eigenvalue weighted by Crippen LogP contribution is -2.53. The molecule has 2 aliphatic rings. The SMILES string of the molecule is CN1CCC(N(C)CC2(N)CCOC2)CC1. The normalized spacial score (nSPS) is 33.8. The number of likely N-dealkylation sites (tertiary alicyclic amines) is 1. The van der Waals surface area contributed by atoms with Crippen molar-refractivity contribution in [1.82, 2.24) is 9.80 Å². The van der Waals surface area contributed by atoms with Gasteiger partial charge in [-0.15, -0.1) is 0 Å². The molecule has 2 heterocycles. The quantitative estimate of drug-likeness (QED) is 0.744. The van der Waals surface area contributed by atoms with Crippen LogP contribution in [0.25, 0.3) is 0 Å². The molecule has 2 saturated heterocycles. The summed E-state index contributed by atoms with van der Waals surface area (Å²) >= 11 is 0. The van der Waals surface area contributed by atoms with Crippen molar-refractivity contribution in [2.45, 2.75) is 30.8 Å². The number of likely N-dealkylation sites (N-methyl/N-ethyl adjacent to an activating group) is 1. The number of rotatable bonds is 3. The molecule has 0 aromatic heterocycles. The van der Waals surface area contributed by atoms with Gasteiger partial charge in [-0.1, -0.05) is 0 Å². The number of hydrogen-bond donors (Lipinski definition) is 1. The van der Waals surface area contributed by atoms with Crippen LogP contribution < -0.4 is 5.73 Å². The number of piperidine rings is 1. The number of nitrogens with two attached hydrogens (primary N) is 1. The molecule has 2 aliphatic heterocycles. The van der Waals surface area contributed by atoms with Gasteiger partial charge in [0, 0.05) is 19.2 Å². The van der Waals surface area contributed by atoms with Crippen molar-refractivity contribution in [2.24, 2.45) is 5.73 Å². The molecule has 0 aromatic carbocycles. The lowest BCUT2D eigenvalue weighted by atomic mass is 9.97. The van der Waals surface area contributed by atoms with Gasteiger partial charge in [0.2, 0.25) is 0 Å². The second-order valence-electron chi connectivity index (χ2n) is 5.61. The fourth-order valence-electron chi connectivity index (χ4n) is 2.81. The van der Waals surface area contributed by atoms with E-state index in [0.717, 1.165) is 26.2 Å². The van der Waals surface area contributed by atoms with Crippen LogP contribution in [0.3, 0.4) is 0 Å². The summed E-state index contributed by atoms with van der Waals surface area (Å²) in [5, 5.41) is 0. The summed E-state index contributed by atoms with van der Waals surface area (Å²) in [5.41, 5.74) is 6.22. The van der Waals surface area contributed by atoms with Crippen molar-refractivity contribution in [3.05, 3.63) is 0 Å². The Morgan fingerprint density at radius 3 is 2.69 bits per heavy atom. The maximum absolute atomic E-state index is 6.32. The Hall–Kier alpha value is -0.160. The highest BCUT2D eigenvalue weighted by Crippen LogP contribution is 2.20. The van der Waals surface area contributed by atoms with E-state index in [1.54, 1.807) is 0 Å². The lowest BCUT2D eigenvalue weighted by Gasteiger charge is -2.38. The van der Waals surface area contributed by atoms with E-state index in [4.69, 9.17) is 10.5 Å². The molecule has 2 N–H and O–H groups in total. The van der Waals surface area contributed by atoms with Gasteiger partial charge in [-0.05, 0) is 46.4 Å². The van der Waals surface area contributed by atoms with Crippen molar-refractivity contribution in [1.29, 1.82) is 0 Å². The van der Waals surface area contributed by atoms with E-state index in [1.165, 1.54) is 25.9 Å². The Labute approximate surface area is 98.7 Å². The molecule has 0 amide bonds. The Kier molecular flexibility index (Phi) is 3.85. The first-order chi connectivity index (χ1) is 7.59. The molecule has 4 heteroatoms. The zero-order chi connectivity index (χ0) is 11.6. The average Bonchev–Trinajstić information content (AvgIpc) is 2.65. The van der Waals surface area contributed by atoms with Crippen molar-refractivity contribution in [3.8, 4) is 0 Å². The minimum absolute atomic E-state index is 0.0991. The molecule has 0 aliphatic carbocycles. The van der Waals surface area contributed by atoms with Crippen LogP contribution in [0, 0.1) is 0 Å². The van der Waals surface area contributed by atoms with E-state index in [2.05, 4.69) is 23.9 Å². The molecular weight excluding hydrogens is 202 g/mol. The first-order valence-electron chi connectivity index (χ1n) is 6.34. The highest BCUT2D eigenvalue weighted by molar-refractivity contribution is 4.92. The molecular formula is C12H25N3O. The molecule has 0 spiro atoms.